The van der Waals surface area contributed by atoms with Gasteiger partial charge in [0.2, 0.25) is 0 Å². The molecule has 3 N–H and O–H groups in total. The first kappa shape index (κ1) is 12.0. The minimum Gasteiger partial charge on any atom is -0.397 e. The number of rotatable bonds is 3. The molecule has 0 spiro atoms. The van der Waals surface area contributed by atoms with Crippen molar-refractivity contribution in [2.75, 3.05) is 11.1 Å². The molecule has 0 amide bonds. The van der Waals surface area contributed by atoms with E-state index < -0.39 is 0 Å². The summed E-state index contributed by atoms with van der Waals surface area (Å²) < 4.78 is 0. The summed E-state index contributed by atoms with van der Waals surface area (Å²) in [7, 11) is 0. The van der Waals surface area contributed by atoms with Gasteiger partial charge in [-0.25, -0.2) is 0 Å². The van der Waals surface area contributed by atoms with E-state index in [9.17, 15) is 0 Å². The summed E-state index contributed by atoms with van der Waals surface area (Å²) in [6.45, 7) is 2.12. The third-order valence-corrected chi connectivity index (χ3v) is 2.82. The minimum absolute atomic E-state index is 0.594. The van der Waals surface area contributed by atoms with Crippen LogP contribution in [0.1, 0.15) is 18.1 Å². The van der Waals surface area contributed by atoms with Crippen LogP contribution in [0.4, 0.5) is 17.1 Å². The lowest BCUT2D eigenvalue weighted by Crippen LogP contribution is -1.97. The first-order valence-corrected chi connectivity index (χ1v) is 5.88. The van der Waals surface area contributed by atoms with Crippen LogP contribution >= 0.6 is 0 Å². The van der Waals surface area contributed by atoms with Crippen LogP contribution in [0.2, 0.25) is 0 Å². The van der Waals surface area contributed by atoms with Gasteiger partial charge in [0, 0.05) is 5.69 Å². The van der Waals surface area contributed by atoms with E-state index in [4.69, 9.17) is 11.0 Å². The molecule has 3 nitrogen and oxygen atoms in total. The fraction of sp³-hybridized carbons (Fsp3) is 0.133. The van der Waals surface area contributed by atoms with Crippen molar-refractivity contribution >= 4 is 17.1 Å². The van der Waals surface area contributed by atoms with Crippen LogP contribution in [-0.4, -0.2) is 0 Å². The molecule has 2 rings (SSSR count). The van der Waals surface area contributed by atoms with Crippen molar-refractivity contribution in [3.05, 3.63) is 53.6 Å². The Labute approximate surface area is 107 Å². The normalized spacial score (nSPS) is 9.78. The third-order valence-electron chi connectivity index (χ3n) is 2.82. The summed E-state index contributed by atoms with van der Waals surface area (Å²) in [5, 5.41) is 12.1. The number of hydrogen-bond acceptors (Lipinski definition) is 3. The van der Waals surface area contributed by atoms with Gasteiger partial charge in [-0.05, 0) is 42.3 Å². The highest BCUT2D eigenvalue weighted by Gasteiger charge is 2.01. The summed E-state index contributed by atoms with van der Waals surface area (Å²) >= 11 is 0. The van der Waals surface area contributed by atoms with E-state index in [0.717, 1.165) is 17.8 Å². The molecule has 90 valence electrons. The molecule has 2 aromatic rings. The average Bonchev–Trinajstić information content (AvgIpc) is 2.42. The third kappa shape index (κ3) is 2.61. The van der Waals surface area contributed by atoms with Crippen molar-refractivity contribution in [2.45, 2.75) is 13.3 Å². The summed E-state index contributed by atoms with van der Waals surface area (Å²) in [6.07, 6.45) is 1.02. The lowest BCUT2D eigenvalue weighted by molar-refractivity contribution is 1.14. The van der Waals surface area contributed by atoms with E-state index in [2.05, 4.69) is 30.4 Å². The maximum atomic E-state index is 8.87. The highest BCUT2D eigenvalue weighted by molar-refractivity contribution is 5.74. The molecular formula is C15H15N3. The first-order valence-electron chi connectivity index (χ1n) is 5.88. The maximum Gasteiger partial charge on any atom is 0.0992 e. The molecule has 0 aliphatic carbocycles. The van der Waals surface area contributed by atoms with Crippen molar-refractivity contribution in [3.8, 4) is 6.07 Å². The van der Waals surface area contributed by atoms with Crippen molar-refractivity contribution in [1.82, 2.24) is 0 Å². The van der Waals surface area contributed by atoms with E-state index >= 15 is 0 Å². The lowest BCUT2D eigenvalue weighted by atomic mass is 10.1. The average molecular weight is 237 g/mol. The van der Waals surface area contributed by atoms with Gasteiger partial charge >= 0.3 is 0 Å². The number of benzene rings is 2. The predicted molar refractivity (Wildman–Crippen MR) is 74.7 cm³/mol. The van der Waals surface area contributed by atoms with Gasteiger partial charge in [0.25, 0.3) is 0 Å². The summed E-state index contributed by atoms with van der Waals surface area (Å²) in [6, 6.07) is 15.5. The molecule has 0 unspecified atom stereocenters. The Morgan fingerprint density at radius 2 is 1.89 bits per heavy atom. The Bertz CT molecular complexity index is 580. The number of nitrogens with two attached hydrogens (primary N) is 1. The van der Waals surface area contributed by atoms with Gasteiger partial charge < -0.3 is 11.1 Å². The Hall–Kier alpha value is -2.47. The molecule has 2 aromatic carbocycles. The molecule has 18 heavy (non-hydrogen) atoms. The van der Waals surface area contributed by atoms with Crippen LogP contribution in [0.25, 0.3) is 0 Å². The molecule has 0 atom stereocenters. The Morgan fingerprint density at radius 1 is 1.17 bits per heavy atom. The van der Waals surface area contributed by atoms with Crippen molar-refractivity contribution in [2.24, 2.45) is 0 Å². The van der Waals surface area contributed by atoms with Crippen LogP contribution in [0.3, 0.4) is 0 Å². The number of nitrogens with zero attached hydrogens (tertiary/aromatic N) is 1. The maximum absolute atomic E-state index is 8.87. The minimum atomic E-state index is 0.594. The standard InChI is InChI=1S/C15H15N3/c1-2-11-3-6-13(7-4-11)18-15-9-12(10-16)5-8-14(15)17/h3-9,18H,2,17H2,1H3. The van der Waals surface area contributed by atoms with Crippen molar-refractivity contribution < 1.29 is 0 Å². The van der Waals surface area contributed by atoms with E-state index in [1.165, 1.54) is 5.56 Å². The largest absolute Gasteiger partial charge is 0.397 e. The van der Waals surface area contributed by atoms with Crippen LogP contribution in [-0.2, 0) is 6.42 Å². The molecule has 0 aromatic heterocycles. The van der Waals surface area contributed by atoms with Crippen LogP contribution in [0, 0.1) is 11.3 Å². The molecule has 3 heteroatoms. The molecule has 0 aliphatic rings. The van der Waals surface area contributed by atoms with Gasteiger partial charge in [-0.15, -0.1) is 0 Å². The number of aryl methyl sites for hydroxylation is 1. The quantitative estimate of drug-likeness (QED) is 0.804. The highest BCUT2D eigenvalue weighted by Crippen LogP contribution is 2.24. The number of anilines is 3. The molecular weight excluding hydrogens is 222 g/mol. The first-order chi connectivity index (χ1) is 8.72. The van der Waals surface area contributed by atoms with E-state index in [0.29, 0.717) is 11.3 Å². The van der Waals surface area contributed by atoms with Gasteiger partial charge in [0.1, 0.15) is 0 Å². The SMILES string of the molecule is CCc1ccc(Nc2cc(C#N)ccc2N)cc1. The number of nitrogen functional groups attached to an aromatic ring is 1. The molecule has 0 aliphatic heterocycles. The smallest absolute Gasteiger partial charge is 0.0992 e. The molecule has 0 heterocycles. The van der Waals surface area contributed by atoms with Gasteiger partial charge in [0.05, 0.1) is 23.0 Å². The number of nitriles is 1. The monoisotopic (exact) mass is 237 g/mol. The van der Waals surface area contributed by atoms with E-state index in [1.54, 1.807) is 18.2 Å². The lowest BCUT2D eigenvalue weighted by Gasteiger charge is -2.10. The highest BCUT2D eigenvalue weighted by atomic mass is 14.9. The number of hydrogen-bond donors (Lipinski definition) is 2. The zero-order valence-corrected chi connectivity index (χ0v) is 10.3. The summed E-state index contributed by atoms with van der Waals surface area (Å²) in [5.74, 6) is 0. The topological polar surface area (TPSA) is 61.8 Å². The second-order valence-electron chi connectivity index (χ2n) is 4.09. The zero-order chi connectivity index (χ0) is 13.0. The second-order valence-corrected chi connectivity index (χ2v) is 4.09. The van der Waals surface area contributed by atoms with Crippen molar-refractivity contribution in [1.29, 1.82) is 5.26 Å². The molecule has 0 bridgehead atoms. The Balaban J connectivity index is 2.25. The van der Waals surface area contributed by atoms with Gasteiger partial charge in [-0.2, -0.15) is 5.26 Å². The molecule has 0 saturated heterocycles. The Morgan fingerprint density at radius 3 is 2.50 bits per heavy atom. The fourth-order valence-corrected chi connectivity index (χ4v) is 1.71. The van der Waals surface area contributed by atoms with Gasteiger partial charge in [-0.1, -0.05) is 19.1 Å². The summed E-state index contributed by atoms with van der Waals surface area (Å²) in [5.41, 5.74) is 10.1. The van der Waals surface area contributed by atoms with E-state index in [-0.39, 0.29) is 0 Å². The zero-order valence-electron chi connectivity index (χ0n) is 10.3. The van der Waals surface area contributed by atoms with Crippen LogP contribution < -0.4 is 11.1 Å². The second kappa shape index (κ2) is 5.24. The Kier molecular flexibility index (Phi) is 3.49. The van der Waals surface area contributed by atoms with Gasteiger partial charge in [-0.3, -0.25) is 0 Å². The molecule has 0 radical (unpaired) electrons. The molecule has 0 fully saturated rings. The number of nitrogens with one attached hydrogen (secondary N) is 1. The molecule has 0 saturated carbocycles. The fourth-order valence-electron chi connectivity index (χ4n) is 1.71. The predicted octanol–water partition coefficient (Wildman–Crippen LogP) is 3.45. The van der Waals surface area contributed by atoms with Crippen LogP contribution in [0.15, 0.2) is 42.5 Å². The van der Waals surface area contributed by atoms with E-state index in [1.807, 2.05) is 12.1 Å². The van der Waals surface area contributed by atoms with Gasteiger partial charge in [0.15, 0.2) is 0 Å². The summed E-state index contributed by atoms with van der Waals surface area (Å²) in [4.78, 5) is 0. The van der Waals surface area contributed by atoms with Crippen molar-refractivity contribution in [3.63, 3.8) is 0 Å². The van der Waals surface area contributed by atoms with Crippen LogP contribution in [0.5, 0.6) is 0 Å².